The van der Waals surface area contributed by atoms with E-state index in [1.54, 1.807) is 18.2 Å². The van der Waals surface area contributed by atoms with E-state index in [1.165, 1.54) is 57.9 Å². The molecule has 4 rings (SSSR count). The Hall–Kier alpha value is -4.20. The van der Waals surface area contributed by atoms with Crippen LogP contribution in [0.25, 0.3) is 6.08 Å². The number of furan rings is 1. The first kappa shape index (κ1) is 20.1. The average molecular weight is 422 g/mol. The highest BCUT2D eigenvalue weighted by atomic mass is 16.5. The van der Waals surface area contributed by atoms with E-state index < -0.39 is 5.97 Å². The van der Waals surface area contributed by atoms with E-state index in [0.717, 1.165) is 0 Å². The quantitative estimate of drug-likeness (QED) is 0.332. The van der Waals surface area contributed by atoms with Crippen molar-refractivity contribution >= 4 is 17.8 Å². The Bertz CT molecular complexity index is 1150. The molecule has 0 fully saturated rings. The second kappa shape index (κ2) is 8.27. The standard InChI is InChI=1S/C23H18O8/c1-26-19-9-13(10-20(27-2)22(19)28-3)23(25)30-15-6-7-16-17(12-15)31-18(21(16)24)11-14-5-4-8-29-14/h4-12H,1-3H3. The molecule has 158 valence electrons. The van der Waals surface area contributed by atoms with Crippen molar-refractivity contribution < 1.29 is 37.7 Å². The minimum absolute atomic E-state index is 0.123. The second-order valence-corrected chi connectivity index (χ2v) is 6.42. The lowest BCUT2D eigenvalue weighted by Gasteiger charge is -2.13. The van der Waals surface area contributed by atoms with Crippen molar-refractivity contribution in [2.75, 3.05) is 21.3 Å². The first-order chi connectivity index (χ1) is 15.0. The normalized spacial score (nSPS) is 13.5. The van der Waals surface area contributed by atoms with E-state index in [9.17, 15) is 9.59 Å². The highest BCUT2D eigenvalue weighted by Crippen LogP contribution is 2.39. The fourth-order valence-corrected chi connectivity index (χ4v) is 3.10. The molecule has 0 aliphatic carbocycles. The van der Waals surface area contributed by atoms with Crippen molar-refractivity contribution in [2.45, 2.75) is 0 Å². The Balaban J connectivity index is 1.57. The number of fused-ring (bicyclic) bond motifs is 1. The number of ketones is 1. The first-order valence-corrected chi connectivity index (χ1v) is 9.18. The number of methoxy groups -OCH3 is 3. The van der Waals surface area contributed by atoms with E-state index in [0.29, 0.717) is 28.6 Å². The van der Waals surface area contributed by atoms with Crippen molar-refractivity contribution in [3.63, 3.8) is 0 Å². The molecule has 2 heterocycles. The van der Waals surface area contributed by atoms with Crippen LogP contribution in [0.5, 0.6) is 28.7 Å². The molecule has 0 spiro atoms. The maximum Gasteiger partial charge on any atom is 0.343 e. The minimum Gasteiger partial charge on any atom is -0.493 e. The number of carbonyl (C=O) groups excluding carboxylic acids is 2. The van der Waals surface area contributed by atoms with Crippen molar-refractivity contribution in [3.8, 4) is 28.7 Å². The van der Waals surface area contributed by atoms with Crippen molar-refractivity contribution in [3.05, 3.63) is 71.4 Å². The largest absolute Gasteiger partial charge is 0.493 e. The van der Waals surface area contributed by atoms with Crippen LogP contribution in [0.2, 0.25) is 0 Å². The number of rotatable bonds is 6. The van der Waals surface area contributed by atoms with Crippen molar-refractivity contribution in [2.24, 2.45) is 0 Å². The smallest absolute Gasteiger partial charge is 0.343 e. The molecule has 31 heavy (non-hydrogen) atoms. The molecule has 0 radical (unpaired) electrons. The summed E-state index contributed by atoms with van der Waals surface area (Å²) < 4.78 is 32.1. The number of benzene rings is 2. The van der Waals surface area contributed by atoms with Gasteiger partial charge in [-0.05, 0) is 36.4 Å². The molecule has 8 heteroatoms. The van der Waals surface area contributed by atoms with Gasteiger partial charge in [-0.3, -0.25) is 4.79 Å². The predicted octanol–water partition coefficient (Wildman–Crippen LogP) is 4.14. The molecule has 1 aliphatic rings. The molecule has 0 saturated carbocycles. The summed E-state index contributed by atoms with van der Waals surface area (Å²) in [5.74, 6) is 1.20. The van der Waals surface area contributed by atoms with Gasteiger partial charge in [-0.15, -0.1) is 0 Å². The lowest BCUT2D eigenvalue weighted by molar-refractivity contribution is 0.0733. The lowest BCUT2D eigenvalue weighted by Crippen LogP contribution is -2.09. The number of Topliss-reactive ketones (excluding diaryl/α,β-unsaturated/α-hetero) is 1. The van der Waals surface area contributed by atoms with Crippen LogP contribution in [-0.2, 0) is 0 Å². The Morgan fingerprint density at radius 3 is 2.32 bits per heavy atom. The SMILES string of the molecule is COc1cc(C(=O)Oc2ccc3c(c2)OC(=Cc2ccco2)C3=O)cc(OC)c1OC. The van der Waals surface area contributed by atoms with Gasteiger partial charge in [0.1, 0.15) is 17.3 Å². The van der Waals surface area contributed by atoms with Crippen LogP contribution in [0.15, 0.2) is 58.9 Å². The van der Waals surface area contributed by atoms with E-state index in [1.807, 2.05) is 0 Å². The molecule has 0 atom stereocenters. The van der Waals surface area contributed by atoms with Crippen LogP contribution in [0.4, 0.5) is 0 Å². The zero-order chi connectivity index (χ0) is 22.0. The molecule has 3 aromatic rings. The summed E-state index contributed by atoms with van der Waals surface area (Å²) in [7, 11) is 4.38. The third-order valence-electron chi connectivity index (χ3n) is 4.57. The van der Waals surface area contributed by atoms with Gasteiger partial charge in [0.05, 0.1) is 38.7 Å². The summed E-state index contributed by atoms with van der Waals surface area (Å²) in [5.41, 5.74) is 0.566. The van der Waals surface area contributed by atoms with Crippen molar-refractivity contribution in [1.82, 2.24) is 0 Å². The number of allylic oxidation sites excluding steroid dienone is 1. The summed E-state index contributed by atoms with van der Waals surface area (Å²) in [4.78, 5) is 25.2. The fraction of sp³-hybridized carbons (Fsp3) is 0.130. The summed E-state index contributed by atoms with van der Waals surface area (Å²) in [5, 5.41) is 0. The molecule has 1 aromatic heterocycles. The second-order valence-electron chi connectivity index (χ2n) is 6.42. The molecule has 0 amide bonds. The average Bonchev–Trinajstić information content (AvgIpc) is 3.40. The number of hydrogen-bond donors (Lipinski definition) is 0. The maximum atomic E-state index is 12.7. The molecule has 8 nitrogen and oxygen atoms in total. The maximum absolute atomic E-state index is 12.7. The summed E-state index contributed by atoms with van der Waals surface area (Å²) in [6.45, 7) is 0. The molecular formula is C23H18O8. The molecule has 0 N–H and O–H groups in total. The molecular weight excluding hydrogens is 404 g/mol. The summed E-state index contributed by atoms with van der Waals surface area (Å²) in [6.07, 6.45) is 3.00. The van der Waals surface area contributed by atoms with Gasteiger partial charge in [-0.1, -0.05) is 0 Å². The zero-order valence-corrected chi connectivity index (χ0v) is 17.0. The van der Waals surface area contributed by atoms with Crippen molar-refractivity contribution in [1.29, 1.82) is 0 Å². The molecule has 2 aromatic carbocycles. The van der Waals surface area contributed by atoms with Gasteiger partial charge in [-0.2, -0.15) is 0 Å². The van der Waals surface area contributed by atoms with E-state index >= 15 is 0 Å². The van der Waals surface area contributed by atoms with E-state index in [2.05, 4.69) is 0 Å². The molecule has 0 saturated heterocycles. The molecule has 0 unspecified atom stereocenters. The number of esters is 1. The summed E-state index contributed by atoms with van der Waals surface area (Å²) in [6, 6.07) is 10.9. The number of carbonyl (C=O) groups is 2. The highest BCUT2D eigenvalue weighted by Gasteiger charge is 2.28. The topological polar surface area (TPSA) is 93.4 Å². The van der Waals surface area contributed by atoms with Gasteiger partial charge in [0.15, 0.2) is 17.3 Å². The highest BCUT2D eigenvalue weighted by molar-refractivity contribution is 6.14. The van der Waals surface area contributed by atoms with Gasteiger partial charge in [-0.25, -0.2) is 4.79 Å². The lowest BCUT2D eigenvalue weighted by atomic mass is 10.1. The number of ether oxygens (including phenoxy) is 5. The summed E-state index contributed by atoms with van der Waals surface area (Å²) >= 11 is 0. The van der Waals surface area contributed by atoms with Gasteiger partial charge < -0.3 is 28.1 Å². The van der Waals surface area contributed by atoms with Crippen LogP contribution in [0.3, 0.4) is 0 Å². The number of hydrogen-bond acceptors (Lipinski definition) is 8. The molecule has 0 bridgehead atoms. The monoisotopic (exact) mass is 422 g/mol. The van der Waals surface area contributed by atoms with Crippen LogP contribution in [0, 0.1) is 0 Å². The Morgan fingerprint density at radius 2 is 1.71 bits per heavy atom. The Kier molecular flexibility index (Phi) is 5.36. The third kappa shape index (κ3) is 3.83. The van der Waals surface area contributed by atoms with Crippen LogP contribution < -0.4 is 23.7 Å². The van der Waals surface area contributed by atoms with Crippen LogP contribution in [-0.4, -0.2) is 33.1 Å². The Morgan fingerprint density at radius 1 is 0.968 bits per heavy atom. The van der Waals surface area contributed by atoms with Gasteiger partial charge >= 0.3 is 5.97 Å². The van der Waals surface area contributed by atoms with Gasteiger partial charge in [0, 0.05) is 12.1 Å². The predicted molar refractivity (Wildman–Crippen MR) is 109 cm³/mol. The molecule has 1 aliphatic heterocycles. The van der Waals surface area contributed by atoms with Gasteiger partial charge in [0.2, 0.25) is 11.5 Å². The van der Waals surface area contributed by atoms with Crippen LogP contribution >= 0.6 is 0 Å². The fourth-order valence-electron chi connectivity index (χ4n) is 3.10. The third-order valence-corrected chi connectivity index (χ3v) is 4.57. The van der Waals surface area contributed by atoms with E-state index in [-0.39, 0.29) is 28.6 Å². The van der Waals surface area contributed by atoms with Crippen LogP contribution in [0.1, 0.15) is 26.5 Å². The first-order valence-electron chi connectivity index (χ1n) is 9.18. The van der Waals surface area contributed by atoms with Gasteiger partial charge in [0.25, 0.3) is 0 Å². The van der Waals surface area contributed by atoms with E-state index in [4.69, 9.17) is 28.1 Å². The Labute approximate surface area is 177 Å². The minimum atomic E-state index is -0.644. The zero-order valence-electron chi connectivity index (χ0n) is 17.0.